The topological polar surface area (TPSA) is 110 Å². The van der Waals surface area contributed by atoms with Crippen molar-refractivity contribution >= 4 is 11.9 Å². The van der Waals surface area contributed by atoms with E-state index in [0.29, 0.717) is 44.1 Å². The van der Waals surface area contributed by atoms with E-state index < -0.39 is 11.9 Å². The van der Waals surface area contributed by atoms with Gasteiger partial charge < -0.3 is 29.8 Å². The first kappa shape index (κ1) is 26.0. The molecule has 0 radical (unpaired) electrons. The zero-order valence-corrected chi connectivity index (χ0v) is 21.3. The molecule has 1 aromatic carbocycles. The predicted molar refractivity (Wildman–Crippen MR) is 136 cm³/mol. The number of aromatic nitrogens is 1. The van der Waals surface area contributed by atoms with E-state index in [2.05, 4.69) is 22.5 Å². The van der Waals surface area contributed by atoms with Gasteiger partial charge in [0.25, 0.3) is 0 Å². The molecule has 9 nitrogen and oxygen atoms in total. The lowest BCUT2D eigenvalue weighted by molar-refractivity contribution is -0.143. The maximum atomic E-state index is 13.3. The summed E-state index contributed by atoms with van der Waals surface area (Å²) in [6.07, 6.45) is 5.28. The van der Waals surface area contributed by atoms with Crippen LogP contribution in [0.2, 0.25) is 0 Å². The molecule has 0 bridgehead atoms. The number of benzene rings is 1. The number of ether oxygens (including phenoxy) is 2. The largest absolute Gasteiger partial charge is 0.481 e. The van der Waals surface area contributed by atoms with Crippen LogP contribution in [-0.4, -0.2) is 76.9 Å². The summed E-state index contributed by atoms with van der Waals surface area (Å²) in [4.78, 5) is 29.9. The molecule has 9 heteroatoms. The lowest BCUT2D eigenvalue weighted by Gasteiger charge is -2.29. The van der Waals surface area contributed by atoms with Gasteiger partial charge in [-0.2, -0.15) is 0 Å². The Kier molecular flexibility index (Phi) is 8.53. The van der Waals surface area contributed by atoms with Gasteiger partial charge in [0.05, 0.1) is 12.5 Å². The summed E-state index contributed by atoms with van der Waals surface area (Å²) in [7, 11) is 1.99. The molecule has 3 unspecified atom stereocenters. The van der Waals surface area contributed by atoms with Gasteiger partial charge in [-0.3, -0.25) is 14.5 Å². The second-order valence-corrected chi connectivity index (χ2v) is 9.75. The van der Waals surface area contributed by atoms with Gasteiger partial charge in [0.2, 0.25) is 12.7 Å². The SMILES string of the molecule is CCCCN(CCN)C(=O)CN1CC(c2ccc3c(c2)OCO3)C(C(=O)O)C1CCc1cccn1C. The van der Waals surface area contributed by atoms with Gasteiger partial charge in [0.1, 0.15) is 0 Å². The van der Waals surface area contributed by atoms with Crippen LogP contribution in [0.25, 0.3) is 0 Å². The van der Waals surface area contributed by atoms with Gasteiger partial charge in [-0.25, -0.2) is 0 Å². The molecule has 4 rings (SSSR count). The Morgan fingerprint density at radius 1 is 1.19 bits per heavy atom. The molecule has 2 aliphatic heterocycles. The molecule has 196 valence electrons. The molecule has 2 aliphatic rings. The summed E-state index contributed by atoms with van der Waals surface area (Å²) in [5.74, 6) is -0.425. The molecule has 0 spiro atoms. The number of carboxylic acids is 1. The maximum absolute atomic E-state index is 13.3. The van der Waals surface area contributed by atoms with Crippen LogP contribution in [0.4, 0.5) is 0 Å². The molecule has 0 aliphatic carbocycles. The fourth-order valence-corrected chi connectivity index (χ4v) is 5.53. The fourth-order valence-electron chi connectivity index (χ4n) is 5.53. The lowest BCUT2D eigenvalue weighted by Crippen LogP contribution is -2.45. The van der Waals surface area contributed by atoms with Gasteiger partial charge in [0.15, 0.2) is 11.5 Å². The fraction of sp³-hybridized carbons (Fsp3) is 0.556. The lowest BCUT2D eigenvalue weighted by atomic mass is 9.83. The first-order chi connectivity index (χ1) is 17.4. The monoisotopic (exact) mass is 498 g/mol. The molecular weight excluding hydrogens is 460 g/mol. The van der Waals surface area contributed by atoms with Crippen LogP contribution in [-0.2, 0) is 23.1 Å². The minimum Gasteiger partial charge on any atom is -0.481 e. The van der Waals surface area contributed by atoms with Crippen LogP contribution in [0.5, 0.6) is 11.5 Å². The van der Waals surface area contributed by atoms with Crippen molar-refractivity contribution in [3.63, 3.8) is 0 Å². The number of rotatable bonds is 12. The van der Waals surface area contributed by atoms with Crippen LogP contribution in [0.1, 0.15) is 43.4 Å². The zero-order valence-electron chi connectivity index (χ0n) is 21.3. The first-order valence-electron chi connectivity index (χ1n) is 12.9. The Morgan fingerprint density at radius 3 is 2.69 bits per heavy atom. The summed E-state index contributed by atoms with van der Waals surface area (Å²) < 4.78 is 13.1. The highest BCUT2D eigenvalue weighted by Gasteiger charge is 2.47. The van der Waals surface area contributed by atoms with Crippen molar-refractivity contribution in [2.45, 2.75) is 44.6 Å². The van der Waals surface area contributed by atoms with E-state index >= 15 is 0 Å². The van der Waals surface area contributed by atoms with Gasteiger partial charge in [-0.05, 0) is 49.1 Å². The van der Waals surface area contributed by atoms with Crippen LogP contribution in [0, 0.1) is 5.92 Å². The second kappa shape index (κ2) is 11.8. The number of likely N-dealkylation sites (tertiary alicyclic amines) is 1. The van der Waals surface area contributed by atoms with E-state index in [0.717, 1.165) is 30.5 Å². The van der Waals surface area contributed by atoms with Crippen molar-refractivity contribution in [3.8, 4) is 11.5 Å². The first-order valence-corrected chi connectivity index (χ1v) is 12.9. The van der Waals surface area contributed by atoms with Crippen molar-refractivity contribution in [1.29, 1.82) is 0 Å². The van der Waals surface area contributed by atoms with Crippen LogP contribution in [0.3, 0.4) is 0 Å². The summed E-state index contributed by atoms with van der Waals surface area (Å²) in [5.41, 5.74) is 7.83. The third kappa shape index (κ3) is 5.68. The average Bonchev–Trinajstić information content (AvgIpc) is 3.58. The molecule has 1 saturated heterocycles. The van der Waals surface area contributed by atoms with Crippen molar-refractivity contribution < 1.29 is 24.2 Å². The smallest absolute Gasteiger partial charge is 0.308 e. The van der Waals surface area contributed by atoms with E-state index in [9.17, 15) is 14.7 Å². The quantitative estimate of drug-likeness (QED) is 0.462. The number of fused-ring (bicyclic) bond motifs is 1. The number of nitrogens with zero attached hydrogens (tertiary/aromatic N) is 3. The summed E-state index contributed by atoms with van der Waals surface area (Å²) >= 11 is 0. The number of amides is 1. The van der Waals surface area contributed by atoms with Gasteiger partial charge in [0, 0.05) is 57.1 Å². The number of carbonyl (C=O) groups excluding carboxylic acids is 1. The van der Waals surface area contributed by atoms with Gasteiger partial charge >= 0.3 is 5.97 Å². The maximum Gasteiger partial charge on any atom is 0.308 e. The number of carboxylic acid groups (broad SMARTS) is 1. The number of hydrogen-bond donors (Lipinski definition) is 2. The molecule has 3 heterocycles. The molecule has 3 N–H and O–H groups in total. The number of hydrogen-bond acceptors (Lipinski definition) is 6. The van der Waals surface area contributed by atoms with E-state index in [1.165, 1.54) is 0 Å². The van der Waals surface area contributed by atoms with Gasteiger partial charge in [-0.1, -0.05) is 19.4 Å². The van der Waals surface area contributed by atoms with Crippen molar-refractivity contribution in [2.24, 2.45) is 18.7 Å². The molecule has 1 amide bonds. The number of carbonyl (C=O) groups is 2. The Balaban J connectivity index is 1.60. The molecule has 1 fully saturated rings. The highest BCUT2D eigenvalue weighted by Crippen LogP contribution is 2.43. The Labute approximate surface area is 212 Å². The second-order valence-electron chi connectivity index (χ2n) is 9.75. The molecule has 36 heavy (non-hydrogen) atoms. The third-order valence-corrected chi connectivity index (χ3v) is 7.48. The number of aliphatic carboxylic acids is 1. The molecule has 2 aromatic rings. The van der Waals surface area contributed by atoms with E-state index in [-0.39, 0.29) is 31.2 Å². The average molecular weight is 499 g/mol. The van der Waals surface area contributed by atoms with Crippen LogP contribution >= 0.6 is 0 Å². The normalized spacial score (nSPS) is 21.1. The minimum atomic E-state index is -0.839. The minimum absolute atomic E-state index is 0.00763. The van der Waals surface area contributed by atoms with Gasteiger partial charge in [-0.15, -0.1) is 0 Å². The third-order valence-electron chi connectivity index (χ3n) is 7.48. The highest BCUT2D eigenvalue weighted by molar-refractivity contribution is 5.79. The molecule has 0 saturated carbocycles. The Hall–Kier alpha value is -3.04. The highest BCUT2D eigenvalue weighted by atomic mass is 16.7. The summed E-state index contributed by atoms with van der Waals surface area (Å²) in [6.45, 7) is 4.52. The van der Waals surface area contributed by atoms with Crippen molar-refractivity contribution in [3.05, 3.63) is 47.8 Å². The zero-order chi connectivity index (χ0) is 25.7. The molecule has 3 atom stereocenters. The standard InChI is InChI=1S/C27H38N4O5/c1-3-4-13-30(14-11-28)25(32)17-31-16-21(19-7-10-23-24(15-19)36-18-35-23)26(27(33)34)22(31)9-8-20-6-5-12-29(20)2/h5-7,10,12,15,21-22,26H,3-4,8-9,11,13-14,16-18,28H2,1-2H3,(H,33,34). The van der Waals surface area contributed by atoms with Crippen molar-refractivity contribution in [2.75, 3.05) is 39.5 Å². The number of aryl methyl sites for hydroxylation is 2. The predicted octanol–water partition coefficient (Wildman–Crippen LogP) is 2.44. The summed E-state index contributed by atoms with van der Waals surface area (Å²) in [6, 6.07) is 9.44. The number of unbranched alkanes of at least 4 members (excludes halogenated alkanes) is 1. The van der Waals surface area contributed by atoms with E-state index in [1.807, 2.05) is 42.4 Å². The van der Waals surface area contributed by atoms with Crippen LogP contribution < -0.4 is 15.2 Å². The van der Waals surface area contributed by atoms with Crippen LogP contribution in [0.15, 0.2) is 36.5 Å². The van der Waals surface area contributed by atoms with E-state index in [1.54, 1.807) is 0 Å². The number of nitrogens with two attached hydrogens (primary N) is 1. The Morgan fingerprint density at radius 2 is 2.00 bits per heavy atom. The van der Waals surface area contributed by atoms with E-state index in [4.69, 9.17) is 15.2 Å². The summed E-state index contributed by atoms with van der Waals surface area (Å²) in [5, 5.41) is 10.4. The Bertz CT molecular complexity index is 1050. The van der Waals surface area contributed by atoms with Crippen molar-refractivity contribution in [1.82, 2.24) is 14.4 Å². The molecule has 1 aromatic heterocycles. The molecular formula is C27H38N4O5.